The lowest BCUT2D eigenvalue weighted by atomic mass is 9.93. The lowest BCUT2D eigenvalue weighted by molar-refractivity contribution is 0.209. The molecule has 3 heterocycles. The van der Waals surface area contributed by atoms with Gasteiger partial charge in [-0.1, -0.05) is 36.4 Å². The SMILES string of the molecule is O=c1cc(C2CCN(CCCc3ccccc3)CC2)nc(-c2ccccn2)[nH]1. The summed E-state index contributed by atoms with van der Waals surface area (Å²) in [6, 6.07) is 18.0. The van der Waals surface area contributed by atoms with Gasteiger partial charge in [0.2, 0.25) is 0 Å². The number of pyridine rings is 1. The lowest BCUT2D eigenvalue weighted by Gasteiger charge is -2.31. The third kappa shape index (κ3) is 4.73. The summed E-state index contributed by atoms with van der Waals surface area (Å²) >= 11 is 0. The number of hydrogen-bond donors (Lipinski definition) is 1. The van der Waals surface area contributed by atoms with Crippen molar-refractivity contribution in [2.75, 3.05) is 19.6 Å². The first kappa shape index (κ1) is 18.6. The molecule has 4 rings (SSSR count). The number of likely N-dealkylation sites (tertiary alicyclic amines) is 1. The summed E-state index contributed by atoms with van der Waals surface area (Å²) < 4.78 is 0. The molecule has 2 aromatic heterocycles. The number of piperidine rings is 1. The number of aryl methyl sites for hydroxylation is 1. The molecule has 144 valence electrons. The van der Waals surface area contributed by atoms with Crippen LogP contribution in [0.1, 0.15) is 36.4 Å². The Morgan fingerprint density at radius 1 is 1.04 bits per heavy atom. The van der Waals surface area contributed by atoms with Crippen molar-refractivity contribution in [2.24, 2.45) is 0 Å². The Bertz CT molecular complexity index is 932. The highest BCUT2D eigenvalue weighted by atomic mass is 16.1. The molecule has 0 bridgehead atoms. The molecule has 1 aliphatic heterocycles. The Balaban J connectivity index is 1.33. The van der Waals surface area contributed by atoms with E-state index >= 15 is 0 Å². The molecule has 5 nitrogen and oxygen atoms in total. The van der Waals surface area contributed by atoms with Gasteiger partial charge in [0.15, 0.2) is 5.82 Å². The van der Waals surface area contributed by atoms with Crippen LogP contribution in [0.4, 0.5) is 0 Å². The van der Waals surface area contributed by atoms with E-state index in [1.807, 2.05) is 18.2 Å². The maximum Gasteiger partial charge on any atom is 0.251 e. The van der Waals surface area contributed by atoms with Crippen LogP contribution in [0.15, 0.2) is 65.6 Å². The Morgan fingerprint density at radius 2 is 1.82 bits per heavy atom. The van der Waals surface area contributed by atoms with E-state index in [9.17, 15) is 4.79 Å². The molecule has 1 aromatic carbocycles. The quantitative estimate of drug-likeness (QED) is 0.715. The summed E-state index contributed by atoms with van der Waals surface area (Å²) in [5, 5.41) is 0. The zero-order chi connectivity index (χ0) is 19.2. The highest BCUT2D eigenvalue weighted by Gasteiger charge is 2.22. The van der Waals surface area contributed by atoms with Gasteiger partial charge >= 0.3 is 0 Å². The van der Waals surface area contributed by atoms with Crippen LogP contribution in [0.2, 0.25) is 0 Å². The third-order valence-corrected chi connectivity index (χ3v) is 5.46. The minimum absolute atomic E-state index is 0.101. The van der Waals surface area contributed by atoms with E-state index in [0.29, 0.717) is 17.4 Å². The average molecular weight is 374 g/mol. The molecule has 0 radical (unpaired) electrons. The monoisotopic (exact) mass is 374 g/mol. The van der Waals surface area contributed by atoms with Crippen LogP contribution in [0.5, 0.6) is 0 Å². The van der Waals surface area contributed by atoms with Crippen LogP contribution in [-0.2, 0) is 6.42 Å². The minimum Gasteiger partial charge on any atom is -0.305 e. The lowest BCUT2D eigenvalue weighted by Crippen LogP contribution is -2.34. The summed E-state index contributed by atoms with van der Waals surface area (Å²) in [7, 11) is 0. The second-order valence-electron chi connectivity index (χ2n) is 7.44. The Labute approximate surface area is 165 Å². The molecule has 1 saturated heterocycles. The van der Waals surface area contributed by atoms with Crippen molar-refractivity contribution in [1.82, 2.24) is 19.9 Å². The van der Waals surface area contributed by atoms with Crippen molar-refractivity contribution < 1.29 is 0 Å². The van der Waals surface area contributed by atoms with Crippen LogP contribution in [0.25, 0.3) is 11.5 Å². The van der Waals surface area contributed by atoms with E-state index in [0.717, 1.165) is 44.6 Å². The predicted octanol–water partition coefficient (Wildman–Crippen LogP) is 3.64. The van der Waals surface area contributed by atoms with E-state index in [-0.39, 0.29) is 5.56 Å². The van der Waals surface area contributed by atoms with Gasteiger partial charge in [-0.25, -0.2) is 4.98 Å². The first-order chi connectivity index (χ1) is 13.8. The summed E-state index contributed by atoms with van der Waals surface area (Å²) in [5.41, 5.74) is 2.91. The summed E-state index contributed by atoms with van der Waals surface area (Å²) in [6.45, 7) is 3.25. The average Bonchev–Trinajstić information content (AvgIpc) is 2.75. The van der Waals surface area contributed by atoms with Gasteiger partial charge in [0.05, 0.1) is 5.69 Å². The maximum atomic E-state index is 12.1. The first-order valence-electron chi connectivity index (χ1n) is 10.1. The Kier molecular flexibility index (Phi) is 5.92. The Hall–Kier alpha value is -2.79. The van der Waals surface area contributed by atoms with Gasteiger partial charge in [-0.2, -0.15) is 0 Å². The molecule has 28 heavy (non-hydrogen) atoms. The predicted molar refractivity (Wildman–Crippen MR) is 111 cm³/mol. The Morgan fingerprint density at radius 3 is 2.57 bits per heavy atom. The van der Waals surface area contributed by atoms with Crippen molar-refractivity contribution in [3.8, 4) is 11.5 Å². The fourth-order valence-corrected chi connectivity index (χ4v) is 3.91. The number of nitrogens with zero attached hydrogens (tertiary/aromatic N) is 3. The van der Waals surface area contributed by atoms with Crippen LogP contribution < -0.4 is 5.56 Å². The molecule has 1 aliphatic rings. The zero-order valence-corrected chi connectivity index (χ0v) is 16.1. The first-order valence-corrected chi connectivity index (χ1v) is 10.1. The van der Waals surface area contributed by atoms with E-state index in [1.165, 1.54) is 12.0 Å². The van der Waals surface area contributed by atoms with Crippen LogP contribution in [-0.4, -0.2) is 39.5 Å². The van der Waals surface area contributed by atoms with Gasteiger partial charge in [-0.15, -0.1) is 0 Å². The van der Waals surface area contributed by atoms with Gasteiger partial charge < -0.3 is 9.88 Å². The standard InChI is InChI=1S/C23H26N4O/c28-22-17-21(25-23(26-22)20-10-4-5-13-24-20)19-11-15-27(16-12-19)14-6-9-18-7-2-1-3-8-18/h1-5,7-8,10,13,17,19H,6,9,11-12,14-16H2,(H,25,26,28). The van der Waals surface area contributed by atoms with E-state index in [4.69, 9.17) is 4.98 Å². The molecule has 1 N–H and O–H groups in total. The van der Waals surface area contributed by atoms with Gasteiger partial charge in [0.25, 0.3) is 5.56 Å². The minimum atomic E-state index is -0.101. The molecule has 0 atom stereocenters. The molecule has 0 amide bonds. The number of aromatic nitrogens is 3. The molecule has 0 unspecified atom stereocenters. The summed E-state index contributed by atoms with van der Waals surface area (Å²) in [4.78, 5) is 26.5. The van der Waals surface area contributed by atoms with Crippen molar-refractivity contribution in [3.05, 3.63) is 82.4 Å². The largest absolute Gasteiger partial charge is 0.305 e. The number of rotatable bonds is 6. The fraction of sp³-hybridized carbons (Fsp3) is 0.348. The molecule has 3 aromatic rings. The second-order valence-corrected chi connectivity index (χ2v) is 7.44. The number of nitrogens with one attached hydrogen (secondary N) is 1. The number of aromatic amines is 1. The number of hydrogen-bond acceptors (Lipinski definition) is 4. The topological polar surface area (TPSA) is 61.9 Å². The van der Waals surface area contributed by atoms with E-state index in [1.54, 1.807) is 12.3 Å². The van der Waals surface area contributed by atoms with E-state index < -0.39 is 0 Å². The second kappa shape index (κ2) is 8.93. The highest BCUT2D eigenvalue weighted by Crippen LogP contribution is 2.27. The van der Waals surface area contributed by atoms with Crippen LogP contribution >= 0.6 is 0 Å². The zero-order valence-electron chi connectivity index (χ0n) is 16.1. The van der Waals surface area contributed by atoms with Gasteiger partial charge in [0.1, 0.15) is 5.69 Å². The molecular weight excluding hydrogens is 348 g/mol. The normalized spacial score (nSPS) is 15.6. The molecule has 0 saturated carbocycles. The molecular formula is C23H26N4O. The van der Waals surface area contributed by atoms with Crippen molar-refractivity contribution in [2.45, 2.75) is 31.6 Å². The summed E-state index contributed by atoms with van der Waals surface area (Å²) in [6.07, 6.45) is 6.12. The van der Waals surface area contributed by atoms with Crippen molar-refractivity contribution in [1.29, 1.82) is 0 Å². The molecule has 5 heteroatoms. The van der Waals surface area contributed by atoms with Crippen molar-refractivity contribution in [3.63, 3.8) is 0 Å². The van der Waals surface area contributed by atoms with Crippen LogP contribution in [0, 0.1) is 0 Å². The van der Waals surface area contributed by atoms with Crippen LogP contribution in [0.3, 0.4) is 0 Å². The van der Waals surface area contributed by atoms with Gasteiger partial charge in [0, 0.05) is 18.2 Å². The molecule has 1 fully saturated rings. The van der Waals surface area contributed by atoms with Gasteiger partial charge in [-0.05, 0) is 63.0 Å². The molecule has 0 aliphatic carbocycles. The maximum absolute atomic E-state index is 12.1. The summed E-state index contributed by atoms with van der Waals surface area (Å²) in [5.74, 6) is 0.906. The van der Waals surface area contributed by atoms with Crippen molar-refractivity contribution >= 4 is 0 Å². The number of benzene rings is 1. The molecule has 0 spiro atoms. The fourth-order valence-electron chi connectivity index (χ4n) is 3.91. The van der Waals surface area contributed by atoms with Gasteiger partial charge in [-0.3, -0.25) is 9.78 Å². The van der Waals surface area contributed by atoms with E-state index in [2.05, 4.69) is 45.2 Å². The number of H-pyrrole nitrogens is 1. The highest BCUT2D eigenvalue weighted by molar-refractivity contribution is 5.48. The smallest absolute Gasteiger partial charge is 0.251 e. The third-order valence-electron chi connectivity index (χ3n) is 5.46.